The van der Waals surface area contributed by atoms with E-state index in [1.165, 1.54) is 0 Å². The van der Waals surface area contributed by atoms with Gasteiger partial charge >= 0.3 is 0 Å². The van der Waals surface area contributed by atoms with Crippen molar-refractivity contribution in [3.8, 4) is 0 Å². The zero-order valence-corrected chi connectivity index (χ0v) is 8.07. The normalized spacial score (nSPS) is 29.4. The fourth-order valence-corrected chi connectivity index (χ4v) is 1.91. The molecule has 0 bridgehead atoms. The molecule has 1 saturated heterocycles. The molecule has 4 nitrogen and oxygen atoms in total. The molecular formula is C9H18N2O2. The highest BCUT2D eigenvalue weighted by atomic mass is 16.3. The molecule has 0 saturated carbocycles. The summed E-state index contributed by atoms with van der Waals surface area (Å²) >= 11 is 0. The van der Waals surface area contributed by atoms with Gasteiger partial charge in [-0.25, -0.2) is 0 Å². The molecule has 2 atom stereocenters. The maximum atomic E-state index is 10.6. The molecule has 13 heavy (non-hydrogen) atoms. The van der Waals surface area contributed by atoms with E-state index in [1.54, 1.807) is 0 Å². The topological polar surface area (TPSA) is 66.6 Å². The van der Waals surface area contributed by atoms with Gasteiger partial charge in [0.2, 0.25) is 5.91 Å². The van der Waals surface area contributed by atoms with E-state index in [-0.39, 0.29) is 18.6 Å². The van der Waals surface area contributed by atoms with Crippen molar-refractivity contribution in [2.24, 2.45) is 11.7 Å². The molecule has 3 N–H and O–H groups in total. The van der Waals surface area contributed by atoms with E-state index >= 15 is 0 Å². The smallest absolute Gasteiger partial charge is 0.218 e. The Balaban J connectivity index is 2.37. The zero-order valence-electron chi connectivity index (χ0n) is 8.07. The van der Waals surface area contributed by atoms with Gasteiger partial charge in [-0.3, -0.25) is 9.69 Å². The van der Waals surface area contributed by atoms with Gasteiger partial charge in [-0.15, -0.1) is 0 Å². The van der Waals surface area contributed by atoms with Crippen LogP contribution in [0, 0.1) is 5.92 Å². The Labute approximate surface area is 78.7 Å². The first-order chi connectivity index (χ1) is 6.15. The van der Waals surface area contributed by atoms with Crippen LogP contribution in [0.15, 0.2) is 0 Å². The van der Waals surface area contributed by atoms with Gasteiger partial charge in [0.05, 0.1) is 6.61 Å². The third kappa shape index (κ3) is 2.67. The molecule has 0 aromatic carbocycles. The number of likely N-dealkylation sites (tertiary alicyclic amines) is 1. The summed E-state index contributed by atoms with van der Waals surface area (Å²) in [5.41, 5.74) is 5.06. The molecule has 1 amide bonds. The number of amides is 1. The number of nitrogens with two attached hydrogens (primary N) is 1. The molecule has 1 fully saturated rings. The van der Waals surface area contributed by atoms with Crippen LogP contribution in [0.25, 0.3) is 0 Å². The highest BCUT2D eigenvalue weighted by Crippen LogP contribution is 2.23. The molecule has 1 heterocycles. The molecule has 0 aromatic rings. The molecule has 1 aliphatic rings. The largest absolute Gasteiger partial charge is 0.395 e. The van der Waals surface area contributed by atoms with E-state index in [0.29, 0.717) is 18.9 Å². The van der Waals surface area contributed by atoms with Gasteiger partial charge in [-0.05, 0) is 18.9 Å². The molecule has 1 aliphatic heterocycles. The van der Waals surface area contributed by atoms with Crippen LogP contribution in [0.5, 0.6) is 0 Å². The van der Waals surface area contributed by atoms with E-state index in [1.807, 2.05) is 0 Å². The highest BCUT2D eigenvalue weighted by Gasteiger charge is 2.29. The van der Waals surface area contributed by atoms with Crippen molar-refractivity contribution in [1.82, 2.24) is 4.90 Å². The molecular weight excluding hydrogens is 168 g/mol. The molecule has 0 radical (unpaired) electrons. The van der Waals surface area contributed by atoms with Crippen LogP contribution in [0.4, 0.5) is 0 Å². The van der Waals surface area contributed by atoms with Crippen molar-refractivity contribution in [1.29, 1.82) is 0 Å². The fraction of sp³-hybridized carbons (Fsp3) is 0.889. The average molecular weight is 186 g/mol. The lowest BCUT2D eigenvalue weighted by molar-refractivity contribution is -0.118. The number of rotatable bonds is 4. The minimum Gasteiger partial charge on any atom is -0.395 e. The Bertz CT molecular complexity index is 184. The summed E-state index contributed by atoms with van der Waals surface area (Å²) in [7, 11) is 0. The minimum absolute atomic E-state index is 0.180. The fourth-order valence-electron chi connectivity index (χ4n) is 1.91. The molecule has 0 aromatic heterocycles. The summed E-state index contributed by atoms with van der Waals surface area (Å²) in [4.78, 5) is 12.7. The molecule has 4 heteroatoms. The quantitative estimate of drug-likeness (QED) is 0.625. The Morgan fingerprint density at radius 3 is 2.92 bits per heavy atom. The molecule has 0 spiro atoms. The number of primary amides is 1. The summed E-state index contributed by atoms with van der Waals surface area (Å²) in [6.45, 7) is 3.97. The first kappa shape index (κ1) is 10.5. The third-order valence-electron chi connectivity index (χ3n) is 2.83. The minimum atomic E-state index is -0.267. The van der Waals surface area contributed by atoms with E-state index in [4.69, 9.17) is 10.8 Å². The second-order valence-corrected chi connectivity index (χ2v) is 3.77. The lowest BCUT2D eigenvalue weighted by Gasteiger charge is -2.24. The van der Waals surface area contributed by atoms with Gasteiger partial charge in [0.15, 0.2) is 0 Å². The van der Waals surface area contributed by atoms with Crippen molar-refractivity contribution < 1.29 is 9.90 Å². The van der Waals surface area contributed by atoms with E-state index < -0.39 is 0 Å². The second-order valence-electron chi connectivity index (χ2n) is 3.77. The van der Waals surface area contributed by atoms with Gasteiger partial charge in [0, 0.05) is 19.0 Å². The van der Waals surface area contributed by atoms with Gasteiger partial charge in [0.25, 0.3) is 0 Å². The first-order valence-electron chi connectivity index (χ1n) is 4.78. The van der Waals surface area contributed by atoms with E-state index in [2.05, 4.69) is 11.8 Å². The Hall–Kier alpha value is -0.610. The third-order valence-corrected chi connectivity index (χ3v) is 2.83. The van der Waals surface area contributed by atoms with E-state index in [0.717, 1.165) is 13.0 Å². The zero-order chi connectivity index (χ0) is 9.84. The van der Waals surface area contributed by atoms with Gasteiger partial charge in [-0.2, -0.15) is 0 Å². The SMILES string of the molecule is CC1CCN(CCC(N)=O)C1CO. The number of hydrogen-bond donors (Lipinski definition) is 2. The van der Waals surface area contributed by atoms with Crippen LogP contribution >= 0.6 is 0 Å². The monoisotopic (exact) mass is 186 g/mol. The molecule has 0 aliphatic carbocycles. The van der Waals surface area contributed by atoms with Crippen LogP contribution in [0.1, 0.15) is 19.8 Å². The Morgan fingerprint density at radius 1 is 1.69 bits per heavy atom. The predicted molar refractivity (Wildman–Crippen MR) is 50.0 cm³/mol. The maximum absolute atomic E-state index is 10.6. The Kier molecular flexibility index (Phi) is 3.69. The second kappa shape index (κ2) is 4.58. The number of aliphatic hydroxyl groups is 1. The van der Waals surface area contributed by atoms with E-state index in [9.17, 15) is 4.79 Å². The molecule has 1 rings (SSSR count). The van der Waals surface area contributed by atoms with Crippen LogP contribution in [0.3, 0.4) is 0 Å². The van der Waals surface area contributed by atoms with Crippen LogP contribution in [-0.4, -0.2) is 41.7 Å². The summed E-state index contributed by atoms with van der Waals surface area (Å²) in [5.74, 6) is 0.258. The standard InChI is InChI=1S/C9H18N2O2/c1-7-2-4-11(8(7)6-12)5-3-9(10)13/h7-8,12H,2-6H2,1H3,(H2,10,13). The summed E-state index contributed by atoms with van der Waals surface area (Å²) in [6.07, 6.45) is 1.49. The van der Waals surface area contributed by atoms with Crippen molar-refractivity contribution in [3.63, 3.8) is 0 Å². The number of aliphatic hydroxyl groups excluding tert-OH is 1. The maximum Gasteiger partial charge on any atom is 0.218 e. The predicted octanol–water partition coefficient (Wildman–Crippen LogP) is -0.435. The van der Waals surface area contributed by atoms with Gasteiger partial charge in [0.1, 0.15) is 0 Å². The van der Waals surface area contributed by atoms with Crippen LogP contribution in [0.2, 0.25) is 0 Å². The Morgan fingerprint density at radius 2 is 2.38 bits per heavy atom. The van der Waals surface area contributed by atoms with Gasteiger partial charge in [-0.1, -0.05) is 6.92 Å². The van der Waals surface area contributed by atoms with Crippen LogP contribution in [-0.2, 0) is 4.79 Å². The average Bonchev–Trinajstić information content (AvgIpc) is 2.42. The summed E-state index contributed by atoms with van der Waals surface area (Å²) in [5, 5.41) is 9.11. The number of carbonyl (C=O) groups is 1. The summed E-state index contributed by atoms with van der Waals surface area (Å²) in [6, 6.07) is 0.222. The highest BCUT2D eigenvalue weighted by molar-refractivity contribution is 5.73. The number of nitrogens with zero attached hydrogens (tertiary/aromatic N) is 1. The van der Waals surface area contributed by atoms with Crippen molar-refractivity contribution in [2.45, 2.75) is 25.8 Å². The number of carbonyl (C=O) groups excluding carboxylic acids is 1. The summed E-state index contributed by atoms with van der Waals surface area (Å²) < 4.78 is 0. The lowest BCUT2D eigenvalue weighted by Crippen LogP contribution is -2.37. The number of hydrogen-bond acceptors (Lipinski definition) is 3. The van der Waals surface area contributed by atoms with Crippen molar-refractivity contribution in [2.75, 3.05) is 19.7 Å². The van der Waals surface area contributed by atoms with Crippen molar-refractivity contribution in [3.05, 3.63) is 0 Å². The van der Waals surface area contributed by atoms with Gasteiger partial charge < -0.3 is 10.8 Å². The molecule has 76 valence electrons. The lowest BCUT2D eigenvalue weighted by atomic mass is 10.0. The van der Waals surface area contributed by atoms with Crippen molar-refractivity contribution >= 4 is 5.91 Å². The van der Waals surface area contributed by atoms with Crippen LogP contribution < -0.4 is 5.73 Å². The molecule has 2 unspecified atom stereocenters. The first-order valence-corrected chi connectivity index (χ1v) is 4.78.